The highest BCUT2D eigenvalue weighted by molar-refractivity contribution is 9.10. The van der Waals surface area contributed by atoms with Gasteiger partial charge in [0.05, 0.1) is 22.3 Å². The summed E-state index contributed by atoms with van der Waals surface area (Å²) in [6.45, 7) is 0.209. The second-order valence-corrected chi connectivity index (χ2v) is 8.64. The molecule has 0 saturated heterocycles. The summed E-state index contributed by atoms with van der Waals surface area (Å²) in [7, 11) is -1.75. The van der Waals surface area contributed by atoms with Crippen LogP contribution in [0.15, 0.2) is 28.7 Å². The number of sulfone groups is 1. The number of benzene rings is 1. The molecule has 1 aromatic rings. The molecule has 7 heteroatoms. The van der Waals surface area contributed by atoms with Gasteiger partial charge in [0, 0.05) is 23.8 Å². The first kappa shape index (κ1) is 15.9. The van der Waals surface area contributed by atoms with Crippen LogP contribution in [0.1, 0.15) is 11.5 Å². The lowest BCUT2D eigenvalue weighted by molar-refractivity contribution is 0.166. The van der Waals surface area contributed by atoms with Gasteiger partial charge in [0.1, 0.15) is 0 Å². The van der Waals surface area contributed by atoms with Gasteiger partial charge in [0.25, 0.3) is 0 Å². The molecule has 1 fully saturated rings. The van der Waals surface area contributed by atoms with Gasteiger partial charge in [-0.15, -0.1) is 0 Å². The Balaban J connectivity index is 2.49. The number of rotatable bonds is 5. The molecule has 0 aliphatic heterocycles. The number of hydrogen-bond acceptors (Lipinski definition) is 4. The molecule has 3 atom stereocenters. The van der Waals surface area contributed by atoms with Crippen LogP contribution in [-0.2, 0) is 14.6 Å². The molecular weight excluding hydrogens is 362 g/mol. The molecule has 1 aliphatic carbocycles. The molecule has 20 heavy (non-hydrogen) atoms. The molecule has 1 aliphatic rings. The van der Waals surface area contributed by atoms with Gasteiger partial charge in [0.2, 0.25) is 0 Å². The molecule has 0 aromatic heterocycles. The monoisotopic (exact) mass is 377 g/mol. The van der Waals surface area contributed by atoms with Crippen LogP contribution in [0.2, 0.25) is 0 Å². The van der Waals surface area contributed by atoms with E-state index in [4.69, 9.17) is 22.7 Å². The third kappa shape index (κ3) is 2.52. The van der Waals surface area contributed by atoms with Gasteiger partial charge in [-0.1, -0.05) is 40.3 Å². The third-order valence-corrected chi connectivity index (χ3v) is 6.31. The van der Waals surface area contributed by atoms with Gasteiger partial charge in [-0.25, -0.2) is 8.42 Å². The van der Waals surface area contributed by atoms with Crippen molar-refractivity contribution >= 4 is 43.0 Å². The van der Waals surface area contributed by atoms with E-state index in [9.17, 15) is 8.42 Å². The van der Waals surface area contributed by atoms with E-state index >= 15 is 0 Å². The third-order valence-electron chi connectivity index (χ3n) is 3.79. The maximum Gasteiger partial charge on any atom is 0.152 e. The first-order valence-corrected chi connectivity index (χ1v) is 9.14. The van der Waals surface area contributed by atoms with E-state index in [0.717, 1.165) is 10.0 Å². The van der Waals surface area contributed by atoms with Crippen LogP contribution in [0.4, 0.5) is 0 Å². The van der Waals surface area contributed by atoms with Crippen LogP contribution in [0.5, 0.6) is 0 Å². The summed E-state index contributed by atoms with van der Waals surface area (Å²) in [5.74, 6) is -0.247. The Kier molecular flexibility index (Phi) is 4.26. The quantitative estimate of drug-likeness (QED) is 0.793. The lowest BCUT2D eigenvalue weighted by atomic mass is 10.00. The van der Waals surface area contributed by atoms with Crippen molar-refractivity contribution in [1.82, 2.24) is 0 Å². The van der Waals surface area contributed by atoms with Crippen molar-refractivity contribution in [3.05, 3.63) is 34.3 Å². The van der Waals surface area contributed by atoms with Gasteiger partial charge >= 0.3 is 0 Å². The number of thiocarbonyl (C=S) groups is 1. The summed E-state index contributed by atoms with van der Waals surface area (Å²) in [5.41, 5.74) is 5.95. The zero-order valence-corrected chi connectivity index (χ0v) is 14.4. The number of hydrogen-bond donors (Lipinski definition) is 1. The molecule has 0 bridgehead atoms. The van der Waals surface area contributed by atoms with Crippen molar-refractivity contribution in [2.45, 2.75) is 11.2 Å². The Morgan fingerprint density at radius 3 is 2.40 bits per heavy atom. The molecule has 4 nitrogen and oxygen atoms in total. The highest BCUT2D eigenvalue weighted by Crippen LogP contribution is 2.63. The fourth-order valence-corrected chi connectivity index (χ4v) is 5.52. The van der Waals surface area contributed by atoms with Gasteiger partial charge in [-0.05, 0) is 17.7 Å². The van der Waals surface area contributed by atoms with Crippen LogP contribution in [0.3, 0.4) is 0 Å². The zero-order chi connectivity index (χ0) is 15.1. The molecule has 2 N–H and O–H groups in total. The maximum absolute atomic E-state index is 12.1. The maximum atomic E-state index is 12.1. The smallest absolute Gasteiger partial charge is 0.152 e. The second-order valence-electron chi connectivity index (χ2n) is 5.12. The minimum absolute atomic E-state index is 0.197. The molecule has 3 unspecified atom stereocenters. The summed E-state index contributed by atoms with van der Waals surface area (Å²) in [6, 6.07) is 7.54. The summed E-state index contributed by atoms with van der Waals surface area (Å²) in [6.07, 6.45) is 1.22. The Morgan fingerprint density at radius 2 is 2.00 bits per heavy atom. The van der Waals surface area contributed by atoms with Crippen molar-refractivity contribution in [1.29, 1.82) is 0 Å². The SMILES string of the molecule is COCC1(C(N)=S)C(c2ccc(Br)cc2)C1S(C)(=O)=O. The predicted octanol–water partition coefficient (Wildman–Crippen LogP) is 1.88. The fraction of sp³-hybridized carbons (Fsp3) is 0.462. The average molecular weight is 378 g/mol. The van der Waals surface area contributed by atoms with Crippen LogP contribution >= 0.6 is 28.1 Å². The molecular formula is C13H16BrNO3S2. The second kappa shape index (κ2) is 5.36. The van der Waals surface area contributed by atoms with Crippen molar-refractivity contribution in [2.24, 2.45) is 11.1 Å². The number of nitrogens with two attached hydrogens (primary N) is 1. The van der Waals surface area contributed by atoms with Gasteiger partial charge < -0.3 is 10.5 Å². The molecule has 2 rings (SSSR count). The first-order chi connectivity index (χ1) is 9.25. The lowest BCUT2D eigenvalue weighted by Gasteiger charge is -2.15. The molecule has 0 amide bonds. The highest BCUT2D eigenvalue weighted by Gasteiger charge is 2.71. The highest BCUT2D eigenvalue weighted by atomic mass is 79.9. The Morgan fingerprint density at radius 1 is 1.45 bits per heavy atom. The van der Waals surface area contributed by atoms with Gasteiger partial charge in [-0.3, -0.25) is 0 Å². The van der Waals surface area contributed by atoms with Crippen LogP contribution in [0.25, 0.3) is 0 Å². The summed E-state index contributed by atoms with van der Waals surface area (Å²) in [4.78, 5) is 0.197. The standard InChI is InChI=1S/C13H16BrNO3S2/c1-18-7-13(12(15)19)10(11(13)20(2,16)17)8-3-5-9(14)6-4-8/h3-6,10-11H,7H2,1-2H3,(H2,15,19). The lowest BCUT2D eigenvalue weighted by Crippen LogP contribution is -2.32. The minimum atomic E-state index is -3.27. The van der Waals surface area contributed by atoms with Crippen molar-refractivity contribution in [3.8, 4) is 0 Å². The fourth-order valence-electron chi connectivity index (χ4n) is 2.95. The van der Waals surface area contributed by atoms with Crippen LogP contribution in [0, 0.1) is 5.41 Å². The first-order valence-electron chi connectivity index (χ1n) is 5.98. The van der Waals surface area contributed by atoms with Crippen LogP contribution < -0.4 is 5.73 Å². The summed E-state index contributed by atoms with van der Waals surface area (Å²) >= 11 is 8.50. The summed E-state index contributed by atoms with van der Waals surface area (Å²) < 4.78 is 30.2. The Labute approximate surface area is 132 Å². The molecule has 1 aromatic carbocycles. The van der Waals surface area contributed by atoms with E-state index in [1.54, 1.807) is 0 Å². The van der Waals surface area contributed by atoms with E-state index in [1.165, 1.54) is 13.4 Å². The molecule has 0 radical (unpaired) electrons. The largest absolute Gasteiger partial charge is 0.393 e. The molecule has 110 valence electrons. The number of halogens is 1. The number of methoxy groups -OCH3 is 1. The normalized spacial score (nSPS) is 29.1. The van der Waals surface area contributed by atoms with Crippen molar-refractivity contribution in [3.63, 3.8) is 0 Å². The minimum Gasteiger partial charge on any atom is -0.393 e. The van der Waals surface area contributed by atoms with Gasteiger partial charge in [0.15, 0.2) is 9.84 Å². The summed E-state index contributed by atoms with van der Waals surface area (Å²) in [5, 5.41) is -0.617. The van der Waals surface area contributed by atoms with E-state index < -0.39 is 20.5 Å². The Hall–Kier alpha value is -0.500. The van der Waals surface area contributed by atoms with Crippen LogP contribution in [-0.4, -0.2) is 38.6 Å². The molecule has 0 heterocycles. The molecule has 0 spiro atoms. The van der Waals surface area contributed by atoms with E-state index in [1.807, 2.05) is 24.3 Å². The van der Waals surface area contributed by atoms with Crippen molar-refractivity contribution in [2.75, 3.05) is 20.0 Å². The van der Waals surface area contributed by atoms with E-state index in [2.05, 4.69) is 15.9 Å². The zero-order valence-electron chi connectivity index (χ0n) is 11.2. The topological polar surface area (TPSA) is 69.4 Å². The molecule has 1 saturated carbocycles. The number of ether oxygens (including phenoxy) is 1. The van der Waals surface area contributed by atoms with Gasteiger partial charge in [-0.2, -0.15) is 0 Å². The van der Waals surface area contributed by atoms with E-state index in [0.29, 0.717) is 0 Å². The Bertz CT molecular complexity index is 630. The van der Waals surface area contributed by atoms with Crippen molar-refractivity contribution < 1.29 is 13.2 Å². The predicted molar refractivity (Wildman–Crippen MR) is 86.6 cm³/mol. The average Bonchev–Trinajstić information content (AvgIpc) is 3.01. The van der Waals surface area contributed by atoms with E-state index in [-0.39, 0.29) is 17.5 Å².